The third kappa shape index (κ3) is 8.26. The molecule has 122 valence electrons. The average molecular weight is 342 g/mol. The second-order valence-corrected chi connectivity index (χ2v) is 6.81. The van der Waals surface area contributed by atoms with Crippen LogP contribution in [0.2, 0.25) is 0 Å². The van der Waals surface area contributed by atoms with Gasteiger partial charge in [0.1, 0.15) is 5.03 Å². The van der Waals surface area contributed by atoms with Gasteiger partial charge in [0, 0.05) is 30.8 Å². The van der Waals surface area contributed by atoms with Gasteiger partial charge in [0.25, 0.3) is 6.20 Å². The molecule has 0 radical (unpaired) electrons. The fourth-order valence-corrected chi connectivity index (χ4v) is 2.96. The first-order chi connectivity index (χ1) is 10.5. The van der Waals surface area contributed by atoms with Gasteiger partial charge in [0.15, 0.2) is 0 Å². The highest BCUT2D eigenvalue weighted by Gasteiger charge is 2.02. The number of nitro groups is 1. The number of aromatic nitrogens is 1. The zero-order valence-corrected chi connectivity index (χ0v) is 14.7. The van der Waals surface area contributed by atoms with Gasteiger partial charge in [-0.2, -0.15) is 11.8 Å². The van der Waals surface area contributed by atoms with E-state index in [9.17, 15) is 10.1 Å². The molecule has 0 bridgehead atoms. The molecule has 22 heavy (non-hydrogen) atoms. The van der Waals surface area contributed by atoms with Crippen LogP contribution in [-0.4, -0.2) is 47.5 Å². The molecule has 0 aliphatic heterocycles. The van der Waals surface area contributed by atoms with Crippen molar-refractivity contribution in [2.24, 2.45) is 0 Å². The molecule has 6 nitrogen and oxygen atoms in total. The van der Waals surface area contributed by atoms with Crippen molar-refractivity contribution in [2.45, 2.75) is 12.3 Å². The number of thioether (sulfide) groups is 2. The van der Waals surface area contributed by atoms with E-state index in [-0.39, 0.29) is 0 Å². The van der Waals surface area contributed by atoms with E-state index < -0.39 is 4.92 Å². The lowest BCUT2D eigenvalue weighted by Crippen LogP contribution is -2.15. The quantitative estimate of drug-likeness (QED) is 0.398. The minimum absolute atomic E-state index is 0.438. The molecule has 1 aromatic rings. The molecule has 0 spiro atoms. The molecular weight excluding hydrogens is 320 g/mol. The van der Waals surface area contributed by atoms with E-state index in [1.165, 1.54) is 17.3 Å². The molecule has 0 unspecified atom stereocenters. The second-order valence-electron chi connectivity index (χ2n) is 4.86. The number of pyridine rings is 1. The van der Waals surface area contributed by atoms with Crippen molar-refractivity contribution in [3.05, 3.63) is 50.9 Å². The monoisotopic (exact) mass is 342 g/mol. The van der Waals surface area contributed by atoms with Crippen LogP contribution in [0.3, 0.4) is 0 Å². The first kappa shape index (κ1) is 18.8. The highest BCUT2D eigenvalue weighted by molar-refractivity contribution is 8.02. The minimum Gasteiger partial charge on any atom is -0.374 e. The normalized spacial score (nSPS) is 11.7. The van der Waals surface area contributed by atoms with Crippen LogP contribution in [0.15, 0.2) is 29.6 Å². The summed E-state index contributed by atoms with van der Waals surface area (Å²) in [4.78, 5) is 16.5. The number of nitrogens with one attached hydrogen (secondary N) is 1. The van der Waals surface area contributed by atoms with Gasteiger partial charge in [0.2, 0.25) is 0 Å². The maximum absolute atomic E-state index is 10.4. The van der Waals surface area contributed by atoms with Gasteiger partial charge in [-0.3, -0.25) is 15.1 Å². The van der Waals surface area contributed by atoms with Gasteiger partial charge < -0.3 is 10.2 Å². The van der Waals surface area contributed by atoms with Crippen molar-refractivity contribution in [3.8, 4) is 0 Å². The standard InChI is InChI=1S/C14H22N4O2S2/c1-17(2)9-12-4-5-15-13(8-12)11-22-7-6-16-14(21-3)10-18(19)20/h4-5,8,10,16H,6-7,9,11H2,1-3H3. The second kappa shape index (κ2) is 10.5. The highest BCUT2D eigenvalue weighted by atomic mass is 32.2. The predicted molar refractivity (Wildman–Crippen MR) is 94.4 cm³/mol. The van der Waals surface area contributed by atoms with Gasteiger partial charge in [-0.05, 0) is 38.0 Å². The molecular formula is C14H22N4O2S2. The van der Waals surface area contributed by atoms with Gasteiger partial charge in [-0.1, -0.05) is 0 Å². The van der Waals surface area contributed by atoms with Gasteiger partial charge in [0.05, 0.1) is 10.6 Å². The van der Waals surface area contributed by atoms with Crippen molar-refractivity contribution >= 4 is 23.5 Å². The Morgan fingerprint density at radius 1 is 1.55 bits per heavy atom. The Labute approximate surface area is 139 Å². The summed E-state index contributed by atoms with van der Waals surface area (Å²) in [6.45, 7) is 1.60. The van der Waals surface area contributed by atoms with Crippen LogP contribution in [0.25, 0.3) is 0 Å². The van der Waals surface area contributed by atoms with E-state index in [4.69, 9.17) is 0 Å². The molecule has 0 saturated carbocycles. The van der Waals surface area contributed by atoms with Crippen LogP contribution < -0.4 is 5.32 Å². The molecule has 1 rings (SSSR count). The van der Waals surface area contributed by atoms with Crippen LogP contribution in [0.1, 0.15) is 11.3 Å². The first-order valence-corrected chi connectivity index (χ1v) is 9.18. The summed E-state index contributed by atoms with van der Waals surface area (Å²) in [7, 11) is 4.09. The SMILES string of the molecule is CSC(=C[N+](=O)[O-])NCCSCc1cc(CN(C)C)ccn1. The van der Waals surface area contributed by atoms with E-state index in [2.05, 4.69) is 21.3 Å². The molecule has 0 atom stereocenters. The zero-order chi connectivity index (χ0) is 16.4. The summed E-state index contributed by atoms with van der Waals surface area (Å²) in [6.07, 6.45) is 4.66. The highest BCUT2D eigenvalue weighted by Crippen LogP contribution is 2.13. The lowest BCUT2D eigenvalue weighted by molar-refractivity contribution is -0.403. The van der Waals surface area contributed by atoms with Crippen molar-refractivity contribution in [1.29, 1.82) is 0 Å². The van der Waals surface area contributed by atoms with E-state index in [1.54, 1.807) is 11.8 Å². The molecule has 0 aliphatic rings. The van der Waals surface area contributed by atoms with Crippen LogP contribution >= 0.6 is 23.5 Å². The summed E-state index contributed by atoms with van der Waals surface area (Å²) in [5.41, 5.74) is 2.32. The van der Waals surface area contributed by atoms with Gasteiger partial charge in [-0.15, -0.1) is 11.8 Å². The maximum atomic E-state index is 10.4. The van der Waals surface area contributed by atoms with E-state index in [0.29, 0.717) is 11.6 Å². The van der Waals surface area contributed by atoms with Crippen LogP contribution in [0.4, 0.5) is 0 Å². The molecule has 1 aromatic heterocycles. The van der Waals surface area contributed by atoms with Crippen LogP contribution in [0, 0.1) is 10.1 Å². The third-order valence-corrected chi connectivity index (χ3v) is 4.30. The molecule has 0 fully saturated rings. The largest absolute Gasteiger partial charge is 0.374 e. The van der Waals surface area contributed by atoms with Crippen LogP contribution in [-0.2, 0) is 12.3 Å². The zero-order valence-electron chi connectivity index (χ0n) is 13.1. The Hall–Kier alpha value is -1.25. The summed E-state index contributed by atoms with van der Waals surface area (Å²) in [5, 5.41) is 14.0. The topological polar surface area (TPSA) is 71.3 Å². The van der Waals surface area contributed by atoms with Crippen LogP contribution in [0.5, 0.6) is 0 Å². The summed E-state index contributed by atoms with van der Waals surface area (Å²) < 4.78 is 0. The number of hydrogen-bond acceptors (Lipinski definition) is 7. The van der Waals surface area contributed by atoms with Crippen molar-refractivity contribution in [2.75, 3.05) is 32.6 Å². The maximum Gasteiger partial charge on any atom is 0.263 e. The fraction of sp³-hybridized carbons (Fsp3) is 0.500. The van der Waals surface area contributed by atoms with E-state index >= 15 is 0 Å². The lowest BCUT2D eigenvalue weighted by Gasteiger charge is -2.10. The Bertz CT molecular complexity index is 509. The Morgan fingerprint density at radius 3 is 2.95 bits per heavy atom. The Kier molecular flexibility index (Phi) is 8.95. The molecule has 1 N–H and O–H groups in total. The van der Waals surface area contributed by atoms with Gasteiger partial charge >= 0.3 is 0 Å². The molecule has 0 saturated heterocycles. The van der Waals surface area contributed by atoms with E-state index in [1.807, 2.05) is 32.6 Å². The number of hydrogen-bond donors (Lipinski definition) is 1. The Balaban J connectivity index is 2.31. The smallest absolute Gasteiger partial charge is 0.263 e. The van der Waals surface area contributed by atoms with Crippen molar-refractivity contribution in [3.63, 3.8) is 0 Å². The lowest BCUT2D eigenvalue weighted by atomic mass is 10.2. The summed E-state index contributed by atoms with van der Waals surface area (Å²) in [6, 6.07) is 4.16. The summed E-state index contributed by atoms with van der Waals surface area (Å²) >= 11 is 3.10. The number of rotatable bonds is 10. The molecule has 1 heterocycles. The van der Waals surface area contributed by atoms with Crippen molar-refractivity contribution in [1.82, 2.24) is 15.2 Å². The molecule has 0 aromatic carbocycles. The summed E-state index contributed by atoms with van der Waals surface area (Å²) in [5.74, 6) is 1.71. The minimum atomic E-state index is -0.438. The average Bonchev–Trinajstić information content (AvgIpc) is 2.45. The predicted octanol–water partition coefficient (Wildman–Crippen LogP) is 2.40. The van der Waals surface area contributed by atoms with Crippen molar-refractivity contribution < 1.29 is 4.92 Å². The Morgan fingerprint density at radius 2 is 2.32 bits per heavy atom. The molecule has 0 amide bonds. The number of nitrogens with zero attached hydrogens (tertiary/aromatic N) is 3. The third-order valence-electron chi connectivity index (χ3n) is 2.62. The molecule has 0 aliphatic carbocycles. The fourth-order valence-electron chi connectivity index (χ4n) is 1.76. The van der Waals surface area contributed by atoms with E-state index in [0.717, 1.165) is 29.9 Å². The first-order valence-electron chi connectivity index (χ1n) is 6.80. The van der Waals surface area contributed by atoms with Gasteiger partial charge in [-0.25, -0.2) is 0 Å². The molecule has 8 heteroatoms.